The Balaban J connectivity index is 3.38. The zero-order valence-corrected chi connectivity index (χ0v) is 9.31. The molecule has 0 aliphatic heterocycles. The van der Waals surface area contributed by atoms with Gasteiger partial charge in [-0.15, -0.1) is 0 Å². The molecule has 1 aromatic carbocycles. The van der Waals surface area contributed by atoms with Crippen LogP contribution in [0.4, 0.5) is 0 Å². The average molecular weight is 296 g/mol. The molecule has 12 heavy (non-hydrogen) atoms. The molecule has 64 valence electrons. The van der Waals surface area contributed by atoms with Crippen LogP contribution in [0.5, 0.6) is 0 Å². The molecule has 0 aliphatic carbocycles. The highest BCUT2D eigenvalue weighted by Gasteiger charge is 2.10. The molecule has 0 atom stereocenters. The maximum absolute atomic E-state index is 10.9. The fourth-order valence-electron chi connectivity index (χ4n) is 1.01. The van der Waals surface area contributed by atoms with Crippen molar-refractivity contribution in [3.8, 4) is 0 Å². The highest BCUT2D eigenvalue weighted by Crippen LogP contribution is 2.22. The minimum absolute atomic E-state index is 0.414. The van der Waals surface area contributed by atoms with Crippen molar-refractivity contribution < 1.29 is 4.79 Å². The number of rotatable bonds is 1. The van der Waals surface area contributed by atoms with Gasteiger partial charge in [0.1, 0.15) is 0 Å². The van der Waals surface area contributed by atoms with Gasteiger partial charge in [0.05, 0.1) is 10.6 Å². The van der Waals surface area contributed by atoms with Gasteiger partial charge in [-0.25, -0.2) is 0 Å². The van der Waals surface area contributed by atoms with Crippen LogP contribution in [0.3, 0.4) is 0 Å². The zero-order chi connectivity index (χ0) is 9.30. The summed E-state index contributed by atoms with van der Waals surface area (Å²) in [5.41, 5.74) is 6.37. The molecule has 0 bridgehead atoms. The van der Waals surface area contributed by atoms with Crippen LogP contribution in [0.1, 0.15) is 15.9 Å². The number of carbonyl (C=O) groups is 1. The van der Waals surface area contributed by atoms with Gasteiger partial charge < -0.3 is 5.73 Å². The van der Waals surface area contributed by atoms with Crippen LogP contribution >= 0.6 is 34.2 Å². The number of carbonyl (C=O) groups excluding carboxylic acids is 1. The Morgan fingerprint density at radius 2 is 2.17 bits per heavy atom. The second-order valence-corrected chi connectivity index (χ2v) is 4.10. The van der Waals surface area contributed by atoms with E-state index in [2.05, 4.69) is 22.6 Å². The summed E-state index contributed by atoms with van der Waals surface area (Å²) in [6.07, 6.45) is 0. The van der Waals surface area contributed by atoms with Gasteiger partial charge in [-0.3, -0.25) is 4.79 Å². The van der Waals surface area contributed by atoms with Crippen LogP contribution in [0, 0.1) is 10.5 Å². The van der Waals surface area contributed by atoms with Gasteiger partial charge in [0.15, 0.2) is 0 Å². The molecule has 4 heteroatoms. The largest absolute Gasteiger partial charge is 0.366 e. The lowest BCUT2D eigenvalue weighted by atomic mass is 10.1. The van der Waals surface area contributed by atoms with Crippen LogP contribution < -0.4 is 5.73 Å². The molecule has 0 fully saturated rings. The molecule has 0 aliphatic rings. The monoisotopic (exact) mass is 295 g/mol. The maximum Gasteiger partial charge on any atom is 0.250 e. The van der Waals surface area contributed by atoms with E-state index in [4.69, 9.17) is 17.3 Å². The molecule has 1 amide bonds. The van der Waals surface area contributed by atoms with Gasteiger partial charge in [0.25, 0.3) is 0 Å². The lowest BCUT2D eigenvalue weighted by Crippen LogP contribution is -2.13. The second-order valence-electron chi connectivity index (χ2n) is 2.44. The lowest BCUT2D eigenvalue weighted by Gasteiger charge is -2.04. The van der Waals surface area contributed by atoms with Gasteiger partial charge >= 0.3 is 0 Å². The fraction of sp³-hybridized carbons (Fsp3) is 0.125. The predicted molar refractivity (Wildman–Crippen MR) is 57.4 cm³/mol. The third-order valence-corrected chi connectivity index (χ3v) is 2.42. The molecule has 0 aromatic heterocycles. The van der Waals surface area contributed by atoms with Crippen LogP contribution in [0.25, 0.3) is 0 Å². The van der Waals surface area contributed by atoms with E-state index >= 15 is 0 Å². The van der Waals surface area contributed by atoms with E-state index in [-0.39, 0.29) is 0 Å². The summed E-state index contributed by atoms with van der Waals surface area (Å²) >= 11 is 7.96. The Bertz CT molecular complexity index is 315. The Morgan fingerprint density at radius 1 is 1.58 bits per heavy atom. The van der Waals surface area contributed by atoms with Gasteiger partial charge in [-0.2, -0.15) is 0 Å². The summed E-state index contributed by atoms with van der Waals surface area (Å²) in [6, 6.07) is 3.59. The first-order chi connectivity index (χ1) is 5.52. The number of benzene rings is 1. The first-order valence-corrected chi connectivity index (χ1v) is 4.73. The highest BCUT2D eigenvalue weighted by molar-refractivity contribution is 14.1. The number of halogens is 2. The van der Waals surface area contributed by atoms with Crippen molar-refractivity contribution in [3.05, 3.63) is 31.9 Å². The third kappa shape index (κ3) is 1.90. The van der Waals surface area contributed by atoms with Crippen molar-refractivity contribution in [2.75, 3.05) is 0 Å². The van der Waals surface area contributed by atoms with E-state index in [9.17, 15) is 4.79 Å². The zero-order valence-electron chi connectivity index (χ0n) is 6.40. The SMILES string of the molecule is Cc1cc(I)cc(Cl)c1C(N)=O. The van der Waals surface area contributed by atoms with Crippen LogP contribution in [0.2, 0.25) is 5.02 Å². The molecular weight excluding hydrogens is 288 g/mol. The predicted octanol–water partition coefficient (Wildman–Crippen LogP) is 2.35. The minimum atomic E-state index is -0.478. The van der Waals surface area contributed by atoms with Crippen LogP contribution in [-0.2, 0) is 0 Å². The van der Waals surface area contributed by atoms with Crippen molar-refractivity contribution in [1.29, 1.82) is 0 Å². The number of amides is 1. The molecule has 0 heterocycles. The molecule has 0 saturated carbocycles. The second kappa shape index (κ2) is 3.62. The smallest absolute Gasteiger partial charge is 0.250 e. The summed E-state index contributed by atoms with van der Waals surface area (Å²) in [6.45, 7) is 1.81. The third-order valence-electron chi connectivity index (χ3n) is 1.50. The summed E-state index contributed by atoms with van der Waals surface area (Å²) in [5, 5.41) is 0.423. The molecule has 0 saturated heterocycles. The molecule has 0 spiro atoms. The van der Waals surface area contributed by atoms with E-state index in [0.29, 0.717) is 10.6 Å². The Hall–Kier alpha value is -0.290. The van der Waals surface area contributed by atoms with Crippen molar-refractivity contribution >= 4 is 40.1 Å². The number of aryl methyl sites for hydroxylation is 1. The maximum atomic E-state index is 10.9. The molecule has 0 unspecified atom stereocenters. The number of nitrogens with two attached hydrogens (primary N) is 1. The number of primary amides is 1. The average Bonchev–Trinajstić information content (AvgIpc) is 1.82. The topological polar surface area (TPSA) is 43.1 Å². The summed E-state index contributed by atoms with van der Waals surface area (Å²) in [7, 11) is 0. The molecule has 1 aromatic rings. The lowest BCUT2D eigenvalue weighted by molar-refractivity contribution is 0.1000. The summed E-state index contributed by atoms with van der Waals surface area (Å²) < 4.78 is 1.00. The number of hydrogen-bond donors (Lipinski definition) is 1. The van der Waals surface area contributed by atoms with Crippen molar-refractivity contribution in [3.63, 3.8) is 0 Å². The standard InChI is InChI=1S/C8H7ClINO/c1-4-2-5(10)3-6(9)7(4)8(11)12/h2-3H,1H3,(H2,11,12). The molecular formula is C8H7ClINO. The fourth-order valence-corrected chi connectivity index (χ4v) is 2.34. The molecule has 0 radical (unpaired) electrons. The van der Waals surface area contributed by atoms with Crippen molar-refractivity contribution in [2.24, 2.45) is 5.73 Å². The van der Waals surface area contributed by atoms with Crippen molar-refractivity contribution in [2.45, 2.75) is 6.92 Å². The van der Waals surface area contributed by atoms with Gasteiger partial charge in [0.2, 0.25) is 5.91 Å². The Kier molecular flexibility index (Phi) is 2.95. The van der Waals surface area contributed by atoms with E-state index in [1.807, 2.05) is 13.0 Å². The summed E-state index contributed by atoms with van der Waals surface area (Å²) in [5.74, 6) is -0.478. The number of hydrogen-bond acceptors (Lipinski definition) is 1. The summed E-state index contributed by atoms with van der Waals surface area (Å²) in [4.78, 5) is 10.9. The van der Waals surface area contributed by atoms with Crippen molar-refractivity contribution in [1.82, 2.24) is 0 Å². The molecule has 1 rings (SSSR count). The first kappa shape index (κ1) is 9.80. The minimum Gasteiger partial charge on any atom is -0.366 e. The van der Waals surface area contributed by atoms with Gasteiger partial charge in [0, 0.05) is 3.57 Å². The molecule has 2 nitrogen and oxygen atoms in total. The molecule has 2 N–H and O–H groups in total. The van der Waals surface area contributed by atoms with E-state index in [1.54, 1.807) is 6.07 Å². The Morgan fingerprint density at radius 3 is 2.58 bits per heavy atom. The van der Waals surface area contributed by atoms with Gasteiger partial charge in [-0.05, 0) is 47.2 Å². The normalized spacial score (nSPS) is 9.92. The van der Waals surface area contributed by atoms with E-state index < -0.39 is 5.91 Å². The van der Waals surface area contributed by atoms with E-state index in [1.165, 1.54) is 0 Å². The van der Waals surface area contributed by atoms with E-state index in [0.717, 1.165) is 9.13 Å². The first-order valence-electron chi connectivity index (χ1n) is 3.28. The van der Waals surface area contributed by atoms with Gasteiger partial charge in [-0.1, -0.05) is 11.6 Å². The Labute approximate surface area is 89.2 Å². The quantitative estimate of drug-likeness (QED) is 0.794. The van der Waals surface area contributed by atoms with Crippen LogP contribution in [0.15, 0.2) is 12.1 Å². The van der Waals surface area contributed by atoms with Crippen LogP contribution in [-0.4, -0.2) is 5.91 Å². The highest BCUT2D eigenvalue weighted by atomic mass is 127.